The van der Waals surface area contributed by atoms with Crippen molar-refractivity contribution >= 4 is 5.91 Å². The van der Waals surface area contributed by atoms with Crippen LogP contribution in [0.15, 0.2) is 42.7 Å². The number of carbonyl (C=O) groups is 1. The third kappa shape index (κ3) is 3.95. The minimum atomic E-state index is -0.503. The van der Waals surface area contributed by atoms with Crippen LogP contribution in [-0.2, 0) is 5.41 Å². The summed E-state index contributed by atoms with van der Waals surface area (Å²) < 4.78 is 16.3. The molecule has 1 aromatic heterocycles. The normalized spacial score (nSPS) is 11.9. The molecule has 4 nitrogen and oxygen atoms in total. The number of imidazole rings is 1. The highest BCUT2D eigenvalue weighted by Crippen LogP contribution is 2.38. The van der Waals surface area contributed by atoms with E-state index in [1.807, 2.05) is 49.7 Å². The summed E-state index contributed by atoms with van der Waals surface area (Å²) in [7, 11) is 0. The maximum absolute atomic E-state index is 14.4. The number of aryl methyl sites for hydroxylation is 1. The van der Waals surface area contributed by atoms with Crippen molar-refractivity contribution in [3.8, 4) is 16.8 Å². The molecule has 0 bridgehead atoms. The van der Waals surface area contributed by atoms with Crippen molar-refractivity contribution < 1.29 is 9.18 Å². The molecule has 5 heteroatoms. The van der Waals surface area contributed by atoms with E-state index in [4.69, 9.17) is 5.73 Å². The Bertz CT molecular complexity index is 1070. The van der Waals surface area contributed by atoms with Gasteiger partial charge in [0.05, 0.1) is 0 Å². The van der Waals surface area contributed by atoms with Crippen LogP contribution in [0.2, 0.25) is 0 Å². The Morgan fingerprint density at radius 3 is 2.41 bits per heavy atom. The van der Waals surface area contributed by atoms with E-state index < -0.39 is 5.91 Å². The van der Waals surface area contributed by atoms with E-state index in [1.165, 1.54) is 6.07 Å². The van der Waals surface area contributed by atoms with Gasteiger partial charge in [0.1, 0.15) is 11.6 Å². The number of hydrogen-bond acceptors (Lipinski definition) is 2. The van der Waals surface area contributed by atoms with Crippen molar-refractivity contribution in [1.29, 1.82) is 0 Å². The summed E-state index contributed by atoms with van der Waals surface area (Å²) in [6, 6.07) is 8.96. The number of nitrogens with two attached hydrogens (primary N) is 1. The molecule has 2 N–H and O–H groups in total. The number of primary amides is 1. The predicted molar refractivity (Wildman–Crippen MR) is 115 cm³/mol. The number of aromatic nitrogens is 2. The lowest BCUT2D eigenvalue weighted by Gasteiger charge is -2.27. The highest BCUT2D eigenvalue weighted by molar-refractivity contribution is 5.98. The van der Waals surface area contributed by atoms with Crippen LogP contribution in [0.4, 0.5) is 4.39 Å². The second-order valence-electron chi connectivity index (χ2n) is 8.80. The summed E-state index contributed by atoms with van der Waals surface area (Å²) in [5.74, 6) is 0.297. The first-order valence-corrected chi connectivity index (χ1v) is 9.79. The molecule has 0 fully saturated rings. The molecule has 0 aliphatic carbocycles. The standard InChI is InChI=1S/C24H28FN3O/c1-14(2)23-27-9-10-28(23)17-12-18(16-8-7-15(3)20(25)11-16)21(24(4,5)6)19(13-17)22(26)29/h7-14H,1-6H3,(H2,26,29). The third-order valence-corrected chi connectivity index (χ3v) is 5.09. The number of rotatable bonds is 4. The molecule has 1 amide bonds. The first-order valence-electron chi connectivity index (χ1n) is 9.79. The molecular weight excluding hydrogens is 365 g/mol. The molecule has 0 unspecified atom stereocenters. The van der Waals surface area contributed by atoms with E-state index >= 15 is 0 Å². The Morgan fingerprint density at radius 1 is 1.17 bits per heavy atom. The quantitative estimate of drug-likeness (QED) is 0.635. The van der Waals surface area contributed by atoms with E-state index in [0.717, 1.165) is 22.6 Å². The van der Waals surface area contributed by atoms with Crippen LogP contribution >= 0.6 is 0 Å². The van der Waals surface area contributed by atoms with Crippen molar-refractivity contribution in [1.82, 2.24) is 9.55 Å². The number of hydrogen-bond donors (Lipinski definition) is 1. The first kappa shape index (κ1) is 20.8. The molecule has 0 spiro atoms. The van der Waals surface area contributed by atoms with E-state index in [2.05, 4.69) is 18.8 Å². The number of amides is 1. The zero-order chi connectivity index (χ0) is 21.5. The summed E-state index contributed by atoms with van der Waals surface area (Å²) >= 11 is 0. The van der Waals surface area contributed by atoms with Gasteiger partial charge in [-0.1, -0.05) is 46.8 Å². The predicted octanol–water partition coefficient (Wildman–Crippen LogP) is 5.51. The van der Waals surface area contributed by atoms with Gasteiger partial charge in [-0.3, -0.25) is 4.79 Å². The van der Waals surface area contributed by atoms with Crippen LogP contribution in [0, 0.1) is 12.7 Å². The fraction of sp³-hybridized carbons (Fsp3) is 0.333. The molecule has 0 radical (unpaired) electrons. The van der Waals surface area contributed by atoms with Crippen LogP contribution in [0.25, 0.3) is 16.8 Å². The Morgan fingerprint density at radius 2 is 1.86 bits per heavy atom. The maximum atomic E-state index is 14.4. The van der Waals surface area contributed by atoms with Crippen LogP contribution in [0.5, 0.6) is 0 Å². The van der Waals surface area contributed by atoms with E-state index in [1.54, 1.807) is 19.2 Å². The zero-order valence-corrected chi connectivity index (χ0v) is 17.9. The van der Waals surface area contributed by atoms with E-state index in [0.29, 0.717) is 16.7 Å². The van der Waals surface area contributed by atoms with Gasteiger partial charge in [-0.05, 0) is 52.8 Å². The van der Waals surface area contributed by atoms with Gasteiger partial charge in [0.25, 0.3) is 0 Å². The molecule has 0 saturated carbocycles. The monoisotopic (exact) mass is 393 g/mol. The molecule has 0 aliphatic heterocycles. The highest BCUT2D eigenvalue weighted by atomic mass is 19.1. The average Bonchev–Trinajstić information content (AvgIpc) is 3.12. The average molecular weight is 394 g/mol. The van der Waals surface area contributed by atoms with Gasteiger partial charge in [0.2, 0.25) is 5.91 Å². The van der Waals surface area contributed by atoms with Crippen molar-refractivity contribution in [2.24, 2.45) is 5.73 Å². The smallest absolute Gasteiger partial charge is 0.249 e. The lowest BCUT2D eigenvalue weighted by atomic mass is 9.78. The number of carbonyl (C=O) groups excluding carboxylic acids is 1. The van der Waals surface area contributed by atoms with Crippen LogP contribution < -0.4 is 5.73 Å². The zero-order valence-electron chi connectivity index (χ0n) is 17.9. The first-order chi connectivity index (χ1) is 13.5. The Kier molecular flexibility index (Phi) is 5.35. The van der Waals surface area contributed by atoms with Gasteiger partial charge in [-0.15, -0.1) is 0 Å². The van der Waals surface area contributed by atoms with Crippen LogP contribution in [0.1, 0.15) is 67.8 Å². The highest BCUT2D eigenvalue weighted by Gasteiger charge is 2.27. The molecule has 0 aliphatic rings. The minimum Gasteiger partial charge on any atom is -0.366 e. The molecule has 3 rings (SSSR count). The summed E-state index contributed by atoms with van der Waals surface area (Å²) in [5, 5.41) is 0. The molecule has 2 aromatic carbocycles. The van der Waals surface area contributed by atoms with Gasteiger partial charge in [0.15, 0.2) is 0 Å². The third-order valence-electron chi connectivity index (χ3n) is 5.09. The maximum Gasteiger partial charge on any atom is 0.249 e. The van der Waals surface area contributed by atoms with Crippen molar-refractivity contribution in [2.75, 3.05) is 0 Å². The fourth-order valence-corrected chi connectivity index (χ4v) is 3.72. The fourth-order valence-electron chi connectivity index (χ4n) is 3.72. The molecule has 0 atom stereocenters. The second kappa shape index (κ2) is 7.47. The minimum absolute atomic E-state index is 0.199. The SMILES string of the molecule is Cc1ccc(-c2cc(-n3ccnc3C(C)C)cc(C(N)=O)c2C(C)(C)C)cc1F. The summed E-state index contributed by atoms with van der Waals surface area (Å²) in [6.07, 6.45) is 3.61. The number of benzene rings is 2. The molecule has 152 valence electrons. The Hall–Kier alpha value is -2.95. The van der Waals surface area contributed by atoms with Crippen LogP contribution in [0.3, 0.4) is 0 Å². The molecule has 29 heavy (non-hydrogen) atoms. The molecule has 0 saturated heterocycles. The number of nitrogens with zero attached hydrogens (tertiary/aromatic N) is 2. The topological polar surface area (TPSA) is 60.9 Å². The summed E-state index contributed by atoms with van der Waals surface area (Å²) in [4.78, 5) is 16.9. The second-order valence-corrected chi connectivity index (χ2v) is 8.80. The van der Waals surface area contributed by atoms with Crippen LogP contribution in [-0.4, -0.2) is 15.5 Å². The molecular formula is C24H28FN3O. The number of halogens is 1. The van der Waals surface area contributed by atoms with Crippen molar-refractivity contribution in [3.05, 3.63) is 71.1 Å². The van der Waals surface area contributed by atoms with Gasteiger partial charge < -0.3 is 10.3 Å². The lowest BCUT2D eigenvalue weighted by Crippen LogP contribution is -2.23. The Labute approximate surface area is 171 Å². The van der Waals surface area contributed by atoms with E-state index in [9.17, 15) is 9.18 Å². The molecule has 3 aromatic rings. The largest absolute Gasteiger partial charge is 0.366 e. The summed E-state index contributed by atoms with van der Waals surface area (Å²) in [5.41, 5.74) is 9.55. The van der Waals surface area contributed by atoms with Crippen molar-refractivity contribution in [3.63, 3.8) is 0 Å². The lowest BCUT2D eigenvalue weighted by molar-refractivity contribution is 0.0998. The van der Waals surface area contributed by atoms with Gasteiger partial charge in [-0.2, -0.15) is 0 Å². The van der Waals surface area contributed by atoms with Gasteiger partial charge in [0, 0.05) is 29.6 Å². The molecule has 1 heterocycles. The summed E-state index contributed by atoms with van der Waals surface area (Å²) in [6.45, 7) is 11.9. The van der Waals surface area contributed by atoms with Crippen molar-refractivity contribution in [2.45, 2.75) is 52.9 Å². The van der Waals surface area contributed by atoms with Gasteiger partial charge in [-0.25, -0.2) is 9.37 Å². The van der Waals surface area contributed by atoms with E-state index in [-0.39, 0.29) is 17.2 Å². The Balaban J connectivity index is 2.40. The van der Waals surface area contributed by atoms with Gasteiger partial charge >= 0.3 is 0 Å².